The molecule has 0 bridgehead atoms. The fourth-order valence-corrected chi connectivity index (χ4v) is 1.29. The Morgan fingerprint density at radius 2 is 2.31 bits per heavy atom. The maximum absolute atomic E-state index is 12.9. The maximum Gasteiger partial charge on any atom is 0.258 e. The average molecular weight is 221 g/mol. The van der Waals surface area contributed by atoms with Crippen molar-refractivity contribution in [1.29, 1.82) is 0 Å². The standard InChI is InChI=1S/C12H12FNO2/c1-3-7-14(4-2)12(16)10-8-9(13)5-6-11(10)15/h1,5-6,8,15H,4,7H2,2H3. The average Bonchev–Trinajstić information content (AvgIpc) is 2.28. The van der Waals surface area contributed by atoms with E-state index in [1.165, 1.54) is 4.90 Å². The van der Waals surface area contributed by atoms with Gasteiger partial charge in [0.2, 0.25) is 0 Å². The molecule has 16 heavy (non-hydrogen) atoms. The highest BCUT2D eigenvalue weighted by Crippen LogP contribution is 2.19. The van der Waals surface area contributed by atoms with Crippen molar-refractivity contribution in [2.24, 2.45) is 0 Å². The fourth-order valence-electron chi connectivity index (χ4n) is 1.29. The first kappa shape index (κ1) is 12.1. The van der Waals surface area contributed by atoms with Gasteiger partial charge < -0.3 is 10.0 Å². The third-order valence-corrected chi connectivity index (χ3v) is 2.14. The van der Waals surface area contributed by atoms with E-state index in [9.17, 15) is 14.3 Å². The Kier molecular flexibility index (Phi) is 3.90. The number of carbonyl (C=O) groups excluding carboxylic acids is 1. The lowest BCUT2D eigenvalue weighted by molar-refractivity contribution is 0.0781. The van der Waals surface area contributed by atoms with Crippen molar-refractivity contribution in [1.82, 2.24) is 4.90 Å². The van der Waals surface area contributed by atoms with E-state index in [4.69, 9.17) is 6.42 Å². The van der Waals surface area contributed by atoms with Gasteiger partial charge in [-0.15, -0.1) is 6.42 Å². The van der Waals surface area contributed by atoms with Gasteiger partial charge in [0.15, 0.2) is 0 Å². The van der Waals surface area contributed by atoms with Crippen LogP contribution in [0.2, 0.25) is 0 Å². The summed E-state index contributed by atoms with van der Waals surface area (Å²) in [6, 6.07) is 3.23. The number of hydrogen-bond acceptors (Lipinski definition) is 2. The number of rotatable bonds is 3. The molecule has 0 aromatic heterocycles. The Morgan fingerprint density at radius 1 is 1.62 bits per heavy atom. The first-order chi connectivity index (χ1) is 7.60. The van der Waals surface area contributed by atoms with Gasteiger partial charge in [0.1, 0.15) is 11.6 Å². The van der Waals surface area contributed by atoms with Gasteiger partial charge in [0, 0.05) is 6.54 Å². The molecular formula is C12H12FNO2. The Bertz CT molecular complexity index is 437. The maximum atomic E-state index is 12.9. The minimum atomic E-state index is -0.571. The van der Waals surface area contributed by atoms with Crippen molar-refractivity contribution >= 4 is 5.91 Å². The smallest absolute Gasteiger partial charge is 0.258 e. The molecule has 0 saturated heterocycles. The largest absolute Gasteiger partial charge is 0.507 e. The molecule has 4 heteroatoms. The molecule has 0 aliphatic rings. The Morgan fingerprint density at radius 3 is 2.88 bits per heavy atom. The van der Waals surface area contributed by atoms with Crippen LogP contribution in [0.25, 0.3) is 0 Å². The van der Waals surface area contributed by atoms with Crippen LogP contribution in [0.1, 0.15) is 17.3 Å². The zero-order chi connectivity index (χ0) is 12.1. The van der Waals surface area contributed by atoms with Crippen molar-refractivity contribution in [2.45, 2.75) is 6.92 Å². The molecule has 1 rings (SSSR count). The molecule has 84 valence electrons. The summed E-state index contributed by atoms with van der Waals surface area (Å²) >= 11 is 0. The first-order valence-electron chi connectivity index (χ1n) is 4.81. The molecule has 0 unspecified atom stereocenters. The number of halogens is 1. The fraction of sp³-hybridized carbons (Fsp3) is 0.250. The Balaban J connectivity index is 3.03. The van der Waals surface area contributed by atoms with Crippen molar-refractivity contribution < 1.29 is 14.3 Å². The van der Waals surface area contributed by atoms with Crippen LogP contribution in [0.3, 0.4) is 0 Å². The van der Waals surface area contributed by atoms with Crippen LogP contribution in [0, 0.1) is 18.2 Å². The number of amides is 1. The highest BCUT2D eigenvalue weighted by atomic mass is 19.1. The van der Waals surface area contributed by atoms with Crippen molar-refractivity contribution in [2.75, 3.05) is 13.1 Å². The first-order valence-corrected chi connectivity index (χ1v) is 4.81. The second-order valence-corrected chi connectivity index (χ2v) is 3.18. The van der Waals surface area contributed by atoms with Crippen LogP contribution >= 0.6 is 0 Å². The minimum Gasteiger partial charge on any atom is -0.507 e. The second-order valence-electron chi connectivity index (χ2n) is 3.18. The molecule has 0 radical (unpaired) electrons. The molecule has 0 heterocycles. The summed E-state index contributed by atoms with van der Waals surface area (Å²) in [5, 5.41) is 9.45. The molecular weight excluding hydrogens is 209 g/mol. The third kappa shape index (κ3) is 2.51. The van der Waals surface area contributed by atoms with E-state index >= 15 is 0 Å². The van der Waals surface area contributed by atoms with Crippen LogP contribution < -0.4 is 0 Å². The molecule has 1 aromatic rings. The van der Waals surface area contributed by atoms with E-state index in [2.05, 4.69) is 5.92 Å². The lowest BCUT2D eigenvalue weighted by Gasteiger charge is -2.18. The zero-order valence-corrected chi connectivity index (χ0v) is 8.90. The van der Waals surface area contributed by atoms with E-state index in [0.717, 1.165) is 18.2 Å². The van der Waals surface area contributed by atoms with Gasteiger partial charge in [0.25, 0.3) is 5.91 Å². The molecule has 3 nitrogen and oxygen atoms in total. The number of phenols is 1. The number of phenolic OH excluding ortho intramolecular Hbond substituents is 1. The molecule has 0 fully saturated rings. The van der Waals surface area contributed by atoms with Gasteiger partial charge in [-0.1, -0.05) is 5.92 Å². The normalized spacial score (nSPS) is 9.56. The molecule has 1 N–H and O–H groups in total. The van der Waals surface area contributed by atoms with Crippen molar-refractivity contribution in [3.63, 3.8) is 0 Å². The van der Waals surface area contributed by atoms with E-state index in [1.807, 2.05) is 0 Å². The van der Waals surface area contributed by atoms with Gasteiger partial charge in [-0.25, -0.2) is 4.39 Å². The van der Waals surface area contributed by atoms with Gasteiger partial charge in [-0.3, -0.25) is 4.79 Å². The van der Waals surface area contributed by atoms with E-state index < -0.39 is 11.7 Å². The Labute approximate surface area is 93.5 Å². The van der Waals surface area contributed by atoms with Crippen LogP contribution in [-0.2, 0) is 0 Å². The van der Waals surface area contributed by atoms with E-state index in [1.54, 1.807) is 6.92 Å². The van der Waals surface area contributed by atoms with Crippen LogP contribution in [0.5, 0.6) is 5.75 Å². The summed E-state index contributed by atoms with van der Waals surface area (Å²) in [6.07, 6.45) is 5.11. The lowest BCUT2D eigenvalue weighted by Crippen LogP contribution is -2.31. The number of nitrogens with zero attached hydrogens (tertiary/aromatic N) is 1. The molecule has 0 aliphatic carbocycles. The molecule has 1 amide bonds. The predicted molar refractivity (Wildman–Crippen MR) is 58.5 cm³/mol. The van der Waals surface area contributed by atoms with E-state index in [0.29, 0.717) is 6.54 Å². The third-order valence-electron chi connectivity index (χ3n) is 2.14. The molecule has 0 spiro atoms. The van der Waals surface area contributed by atoms with Gasteiger partial charge in [-0.05, 0) is 25.1 Å². The van der Waals surface area contributed by atoms with Gasteiger partial charge >= 0.3 is 0 Å². The van der Waals surface area contributed by atoms with Crippen LogP contribution in [0.4, 0.5) is 4.39 Å². The summed E-state index contributed by atoms with van der Waals surface area (Å²) in [6.45, 7) is 2.29. The number of benzene rings is 1. The predicted octanol–water partition coefficient (Wildman–Crippen LogP) is 1.63. The van der Waals surface area contributed by atoms with Crippen molar-refractivity contribution in [3.05, 3.63) is 29.6 Å². The van der Waals surface area contributed by atoms with Gasteiger partial charge in [-0.2, -0.15) is 0 Å². The van der Waals surface area contributed by atoms with Gasteiger partial charge in [0.05, 0.1) is 12.1 Å². The lowest BCUT2D eigenvalue weighted by atomic mass is 10.1. The number of carbonyl (C=O) groups is 1. The summed E-state index contributed by atoms with van der Waals surface area (Å²) in [7, 11) is 0. The van der Waals surface area contributed by atoms with Crippen LogP contribution in [-0.4, -0.2) is 29.0 Å². The second kappa shape index (κ2) is 5.17. The zero-order valence-electron chi connectivity index (χ0n) is 8.90. The number of hydrogen-bond donors (Lipinski definition) is 1. The molecule has 0 aliphatic heterocycles. The molecule has 0 atom stereocenters. The minimum absolute atomic E-state index is 0.0721. The monoisotopic (exact) mass is 221 g/mol. The van der Waals surface area contributed by atoms with Crippen molar-refractivity contribution in [3.8, 4) is 18.1 Å². The highest BCUT2D eigenvalue weighted by molar-refractivity contribution is 5.96. The summed E-state index contributed by atoms with van der Waals surface area (Å²) < 4.78 is 12.9. The molecule has 1 aromatic carbocycles. The highest BCUT2D eigenvalue weighted by Gasteiger charge is 2.17. The SMILES string of the molecule is C#CCN(CC)C(=O)c1cc(F)ccc1O. The number of terminal acetylenes is 1. The summed E-state index contributed by atoms with van der Waals surface area (Å²) in [5.74, 6) is 1.04. The molecule has 0 saturated carbocycles. The quantitative estimate of drug-likeness (QED) is 0.788. The Hall–Kier alpha value is -2.02. The summed E-state index contributed by atoms with van der Waals surface area (Å²) in [4.78, 5) is 13.2. The topological polar surface area (TPSA) is 40.5 Å². The van der Waals surface area contributed by atoms with E-state index in [-0.39, 0.29) is 17.9 Å². The summed E-state index contributed by atoms with van der Waals surface area (Å²) in [5.41, 5.74) is -0.0721. The van der Waals surface area contributed by atoms with Crippen LogP contribution in [0.15, 0.2) is 18.2 Å². The number of aromatic hydroxyl groups is 1.